The number of anilines is 1. The molecule has 1 N–H and O–H groups in total. The molecule has 1 aliphatic rings. The van der Waals surface area contributed by atoms with E-state index in [0.29, 0.717) is 25.4 Å². The van der Waals surface area contributed by atoms with Crippen molar-refractivity contribution in [3.8, 4) is 5.75 Å². The van der Waals surface area contributed by atoms with Crippen molar-refractivity contribution >= 4 is 17.6 Å². The van der Waals surface area contributed by atoms with Gasteiger partial charge in [-0.3, -0.25) is 9.78 Å². The molecule has 2 aromatic rings. The van der Waals surface area contributed by atoms with E-state index in [1.807, 2.05) is 30.3 Å². The SMILES string of the molecule is C[C@H]1C(=O)N(C)CCN1C(=O)Nc1ccc(OCCc2ccccn2)cc1. The second kappa shape index (κ2) is 8.53. The Morgan fingerprint density at radius 3 is 2.70 bits per heavy atom. The smallest absolute Gasteiger partial charge is 0.322 e. The largest absolute Gasteiger partial charge is 0.493 e. The molecule has 1 saturated heterocycles. The first kappa shape index (κ1) is 18.7. The molecule has 0 radical (unpaired) electrons. The highest BCUT2D eigenvalue weighted by Crippen LogP contribution is 2.18. The van der Waals surface area contributed by atoms with Crippen LogP contribution in [0.1, 0.15) is 12.6 Å². The van der Waals surface area contributed by atoms with Gasteiger partial charge in [0.1, 0.15) is 11.8 Å². The first-order valence-electron chi connectivity index (χ1n) is 9.00. The highest BCUT2D eigenvalue weighted by molar-refractivity contribution is 5.94. The quantitative estimate of drug-likeness (QED) is 0.879. The van der Waals surface area contributed by atoms with Gasteiger partial charge < -0.3 is 19.9 Å². The molecule has 142 valence electrons. The number of nitrogens with one attached hydrogen (secondary N) is 1. The molecule has 1 fully saturated rings. The average molecular weight is 368 g/mol. The van der Waals surface area contributed by atoms with Gasteiger partial charge in [-0.1, -0.05) is 6.07 Å². The fraction of sp³-hybridized carbons (Fsp3) is 0.350. The lowest BCUT2D eigenvalue weighted by molar-refractivity contribution is -0.137. The van der Waals surface area contributed by atoms with Crippen LogP contribution in [0.4, 0.5) is 10.5 Å². The number of hydrogen-bond acceptors (Lipinski definition) is 4. The zero-order valence-electron chi connectivity index (χ0n) is 15.6. The van der Waals surface area contributed by atoms with E-state index in [1.54, 1.807) is 42.1 Å². The number of hydrogen-bond donors (Lipinski definition) is 1. The van der Waals surface area contributed by atoms with E-state index < -0.39 is 6.04 Å². The van der Waals surface area contributed by atoms with Gasteiger partial charge in [-0.25, -0.2) is 4.79 Å². The van der Waals surface area contributed by atoms with Gasteiger partial charge in [0.2, 0.25) is 5.91 Å². The summed E-state index contributed by atoms with van der Waals surface area (Å²) < 4.78 is 5.72. The van der Waals surface area contributed by atoms with Crippen LogP contribution in [0.5, 0.6) is 5.75 Å². The summed E-state index contributed by atoms with van der Waals surface area (Å²) >= 11 is 0. The minimum absolute atomic E-state index is 0.0481. The van der Waals surface area contributed by atoms with Crippen LogP contribution in [0, 0.1) is 0 Å². The number of nitrogens with zero attached hydrogens (tertiary/aromatic N) is 3. The summed E-state index contributed by atoms with van der Waals surface area (Å²) in [5.74, 6) is 0.681. The second-order valence-corrected chi connectivity index (χ2v) is 6.50. The predicted octanol–water partition coefficient (Wildman–Crippen LogP) is 2.40. The number of benzene rings is 1. The molecule has 0 saturated carbocycles. The maximum atomic E-state index is 12.4. The fourth-order valence-corrected chi connectivity index (χ4v) is 2.94. The number of likely N-dealkylation sites (N-methyl/N-ethyl adjacent to an activating group) is 1. The zero-order chi connectivity index (χ0) is 19.2. The van der Waals surface area contributed by atoms with Crippen LogP contribution in [0.2, 0.25) is 0 Å². The van der Waals surface area contributed by atoms with E-state index in [4.69, 9.17) is 4.74 Å². The molecule has 1 aliphatic heterocycles. The Hall–Kier alpha value is -3.09. The second-order valence-electron chi connectivity index (χ2n) is 6.50. The van der Waals surface area contributed by atoms with E-state index in [2.05, 4.69) is 10.3 Å². The summed E-state index contributed by atoms with van der Waals surface area (Å²) in [7, 11) is 1.75. The van der Waals surface area contributed by atoms with E-state index in [1.165, 1.54) is 0 Å². The first-order valence-corrected chi connectivity index (χ1v) is 9.00. The van der Waals surface area contributed by atoms with Crippen molar-refractivity contribution in [3.05, 3.63) is 54.4 Å². The number of rotatable bonds is 5. The molecular formula is C20H24N4O3. The van der Waals surface area contributed by atoms with Crippen molar-refractivity contribution in [2.24, 2.45) is 0 Å². The van der Waals surface area contributed by atoms with Gasteiger partial charge in [0.05, 0.1) is 6.61 Å². The molecule has 3 rings (SSSR count). The molecule has 1 aromatic carbocycles. The Kier molecular flexibility index (Phi) is 5.90. The van der Waals surface area contributed by atoms with Crippen molar-refractivity contribution in [2.45, 2.75) is 19.4 Å². The highest BCUT2D eigenvalue weighted by atomic mass is 16.5. The van der Waals surface area contributed by atoms with Crippen molar-refractivity contribution in [1.29, 1.82) is 0 Å². The van der Waals surface area contributed by atoms with Gasteiger partial charge in [-0.15, -0.1) is 0 Å². The Labute approximate surface area is 158 Å². The molecule has 0 spiro atoms. The molecule has 2 heterocycles. The van der Waals surface area contributed by atoms with Crippen LogP contribution in [0.15, 0.2) is 48.7 Å². The Morgan fingerprint density at radius 1 is 1.22 bits per heavy atom. The summed E-state index contributed by atoms with van der Waals surface area (Å²) in [6, 6.07) is 12.3. The minimum Gasteiger partial charge on any atom is -0.493 e. The molecule has 0 bridgehead atoms. The number of carbonyl (C=O) groups excluding carboxylic acids is 2. The van der Waals surface area contributed by atoms with E-state index in [9.17, 15) is 9.59 Å². The number of piperazine rings is 1. The third-order valence-electron chi connectivity index (χ3n) is 4.60. The van der Waals surface area contributed by atoms with Crippen LogP contribution in [-0.2, 0) is 11.2 Å². The summed E-state index contributed by atoms with van der Waals surface area (Å²) in [5.41, 5.74) is 1.65. The maximum Gasteiger partial charge on any atom is 0.322 e. The van der Waals surface area contributed by atoms with Crippen molar-refractivity contribution in [1.82, 2.24) is 14.8 Å². The number of ether oxygens (including phenoxy) is 1. The number of aromatic nitrogens is 1. The monoisotopic (exact) mass is 368 g/mol. The molecule has 7 heteroatoms. The molecular weight excluding hydrogens is 344 g/mol. The van der Waals surface area contributed by atoms with E-state index >= 15 is 0 Å². The van der Waals surface area contributed by atoms with Crippen molar-refractivity contribution in [3.63, 3.8) is 0 Å². The van der Waals surface area contributed by atoms with Gasteiger partial charge in [0.15, 0.2) is 0 Å². The summed E-state index contributed by atoms with van der Waals surface area (Å²) in [5, 5.41) is 2.84. The standard InChI is InChI=1S/C20H24N4O3/c1-15-19(25)23(2)12-13-24(15)20(26)22-17-6-8-18(9-7-17)27-14-10-16-5-3-4-11-21-16/h3-9,11,15H,10,12-14H2,1-2H3,(H,22,26)/t15-/m0/s1. The van der Waals surface area contributed by atoms with Gasteiger partial charge in [-0.2, -0.15) is 0 Å². The van der Waals surface area contributed by atoms with Crippen molar-refractivity contribution in [2.75, 3.05) is 32.1 Å². The number of amides is 3. The number of pyridine rings is 1. The Morgan fingerprint density at radius 2 is 2.00 bits per heavy atom. The summed E-state index contributed by atoms with van der Waals surface area (Å²) in [4.78, 5) is 31.9. The van der Waals surface area contributed by atoms with Crippen LogP contribution in [0.25, 0.3) is 0 Å². The van der Waals surface area contributed by atoms with Gasteiger partial charge in [-0.05, 0) is 43.3 Å². The van der Waals surface area contributed by atoms with Gasteiger partial charge in [0, 0.05) is 44.1 Å². The molecule has 1 aromatic heterocycles. The molecule has 7 nitrogen and oxygen atoms in total. The van der Waals surface area contributed by atoms with Crippen LogP contribution in [0.3, 0.4) is 0 Å². The molecule has 3 amide bonds. The van der Waals surface area contributed by atoms with Gasteiger partial charge >= 0.3 is 6.03 Å². The topological polar surface area (TPSA) is 74.8 Å². The van der Waals surface area contributed by atoms with Crippen LogP contribution in [-0.4, -0.2) is 59.5 Å². The predicted molar refractivity (Wildman–Crippen MR) is 103 cm³/mol. The molecule has 0 unspecified atom stereocenters. The van der Waals surface area contributed by atoms with E-state index in [0.717, 1.165) is 17.9 Å². The number of carbonyl (C=O) groups is 2. The van der Waals surface area contributed by atoms with Gasteiger partial charge in [0.25, 0.3) is 0 Å². The normalized spacial score (nSPS) is 17.0. The summed E-state index contributed by atoms with van der Waals surface area (Å²) in [6.07, 6.45) is 2.50. The summed E-state index contributed by atoms with van der Waals surface area (Å²) in [6.45, 7) is 3.34. The average Bonchev–Trinajstić information content (AvgIpc) is 2.68. The van der Waals surface area contributed by atoms with Crippen LogP contribution >= 0.6 is 0 Å². The zero-order valence-corrected chi connectivity index (χ0v) is 15.6. The maximum absolute atomic E-state index is 12.4. The molecule has 0 aliphatic carbocycles. The lowest BCUT2D eigenvalue weighted by atomic mass is 10.2. The van der Waals surface area contributed by atoms with E-state index in [-0.39, 0.29) is 11.9 Å². The third-order valence-corrected chi connectivity index (χ3v) is 4.60. The Bertz CT molecular complexity index is 780. The lowest BCUT2D eigenvalue weighted by Gasteiger charge is -2.37. The highest BCUT2D eigenvalue weighted by Gasteiger charge is 2.32. The minimum atomic E-state index is -0.460. The Balaban J connectivity index is 1.50. The number of urea groups is 1. The van der Waals surface area contributed by atoms with Crippen LogP contribution < -0.4 is 10.1 Å². The molecule has 1 atom stereocenters. The fourth-order valence-electron chi connectivity index (χ4n) is 2.94. The lowest BCUT2D eigenvalue weighted by Crippen LogP contribution is -2.57. The van der Waals surface area contributed by atoms with Crippen molar-refractivity contribution < 1.29 is 14.3 Å². The first-order chi connectivity index (χ1) is 13.0. The molecule has 27 heavy (non-hydrogen) atoms. The third kappa shape index (κ3) is 4.75.